The smallest absolute Gasteiger partial charge is 0.119 e. The Morgan fingerprint density at radius 3 is 2.79 bits per heavy atom. The van der Waals surface area contributed by atoms with Crippen LogP contribution in [0.4, 0.5) is 0 Å². The number of hydrogen-bond acceptors (Lipinski definition) is 2. The molecule has 1 atom stereocenters. The highest BCUT2D eigenvalue weighted by Crippen LogP contribution is 2.15. The van der Waals surface area contributed by atoms with Gasteiger partial charge in [-0.25, -0.2) is 0 Å². The van der Waals surface area contributed by atoms with Gasteiger partial charge in [0.25, 0.3) is 0 Å². The molecular formula is C12H16O2. The number of rotatable bonds is 3. The molecule has 14 heavy (non-hydrogen) atoms. The molecule has 0 amide bonds. The Morgan fingerprint density at radius 1 is 1.21 bits per heavy atom. The van der Waals surface area contributed by atoms with Crippen molar-refractivity contribution in [3.63, 3.8) is 0 Å². The van der Waals surface area contributed by atoms with Crippen molar-refractivity contribution in [1.82, 2.24) is 0 Å². The van der Waals surface area contributed by atoms with Gasteiger partial charge >= 0.3 is 0 Å². The quantitative estimate of drug-likeness (QED) is 0.733. The maximum atomic E-state index is 5.62. The standard InChI is InChI=1S/C12H16O2/c1-2-6-11(7-3-1)14-10-12-8-4-5-9-13-12/h1-3,6-7,12H,4-5,8-10H2/t12-/m1/s1. The Balaban J connectivity index is 1.76. The van der Waals surface area contributed by atoms with E-state index < -0.39 is 0 Å². The third-order valence-electron chi connectivity index (χ3n) is 2.45. The van der Waals surface area contributed by atoms with E-state index in [-0.39, 0.29) is 0 Å². The highest BCUT2D eigenvalue weighted by Gasteiger charge is 2.13. The van der Waals surface area contributed by atoms with Crippen molar-refractivity contribution in [3.05, 3.63) is 30.3 Å². The van der Waals surface area contributed by atoms with E-state index in [4.69, 9.17) is 9.47 Å². The van der Waals surface area contributed by atoms with Gasteiger partial charge in [-0.2, -0.15) is 0 Å². The molecule has 0 N–H and O–H groups in total. The fraction of sp³-hybridized carbons (Fsp3) is 0.500. The van der Waals surface area contributed by atoms with Crippen molar-refractivity contribution in [3.8, 4) is 5.75 Å². The number of para-hydroxylation sites is 1. The summed E-state index contributed by atoms with van der Waals surface area (Å²) in [5.41, 5.74) is 0. The number of benzene rings is 1. The molecule has 0 aromatic heterocycles. The molecule has 1 aliphatic heterocycles. The lowest BCUT2D eigenvalue weighted by Gasteiger charge is -2.22. The van der Waals surface area contributed by atoms with Crippen LogP contribution >= 0.6 is 0 Å². The van der Waals surface area contributed by atoms with Crippen molar-refractivity contribution < 1.29 is 9.47 Å². The van der Waals surface area contributed by atoms with Crippen LogP contribution in [0, 0.1) is 0 Å². The second-order valence-corrected chi connectivity index (χ2v) is 3.61. The summed E-state index contributed by atoms with van der Waals surface area (Å²) in [6.45, 7) is 1.58. The first-order valence-corrected chi connectivity index (χ1v) is 5.24. The van der Waals surface area contributed by atoms with E-state index in [1.807, 2.05) is 30.3 Å². The fourth-order valence-electron chi connectivity index (χ4n) is 1.64. The highest BCUT2D eigenvalue weighted by atomic mass is 16.5. The minimum Gasteiger partial charge on any atom is -0.491 e. The first-order chi connectivity index (χ1) is 6.95. The van der Waals surface area contributed by atoms with Gasteiger partial charge < -0.3 is 9.47 Å². The lowest BCUT2D eigenvalue weighted by molar-refractivity contribution is -0.0110. The van der Waals surface area contributed by atoms with Gasteiger partial charge in [0, 0.05) is 6.61 Å². The van der Waals surface area contributed by atoms with Crippen LogP contribution in [0.1, 0.15) is 19.3 Å². The van der Waals surface area contributed by atoms with Gasteiger partial charge in [-0.05, 0) is 31.4 Å². The van der Waals surface area contributed by atoms with Crippen LogP contribution < -0.4 is 4.74 Å². The topological polar surface area (TPSA) is 18.5 Å². The zero-order chi connectivity index (χ0) is 9.64. The molecule has 0 unspecified atom stereocenters. The van der Waals surface area contributed by atoms with Crippen molar-refractivity contribution >= 4 is 0 Å². The summed E-state index contributed by atoms with van der Waals surface area (Å²) < 4.78 is 11.2. The largest absolute Gasteiger partial charge is 0.491 e. The van der Waals surface area contributed by atoms with E-state index in [0.29, 0.717) is 12.7 Å². The van der Waals surface area contributed by atoms with E-state index in [1.54, 1.807) is 0 Å². The summed E-state index contributed by atoms with van der Waals surface area (Å²) in [5, 5.41) is 0. The molecule has 2 rings (SSSR count). The van der Waals surface area contributed by atoms with E-state index in [0.717, 1.165) is 18.8 Å². The predicted octanol–water partition coefficient (Wildman–Crippen LogP) is 2.63. The second-order valence-electron chi connectivity index (χ2n) is 3.61. The zero-order valence-electron chi connectivity index (χ0n) is 8.32. The van der Waals surface area contributed by atoms with Crippen LogP contribution in [0.2, 0.25) is 0 Å². The van der Waals surface area contributed by atoms with Gasteiger partial charge in [-0.1, -0.05) is 18.2 Å². The van der Waals surface area contributed by atoms with Gasteiger partial charge in [0.2, 0.25) is 0 Å². The Labute approximate surface area is 84.8 Å². The summed E-state index contributed by atoms with van der Waals surface area (Å²) in [5.74, 6) is 0.932. The number of ether oxygens (including phenoxy) is 2. The van der Waals surface area contributed by atoms with Crippen LogP contribution in [0.15, 0.2) is 30.3 Å². The summed E-state index contributed by atoms with van der Waals surface area (Å²) >= 11 is 0. The van der Waals surface area contributed by atoms with E-state index >= 15 is 0 Å². The molecule has 2 heteroatoms. The molecule has 0 spiro atoms. The van der Waals surface area contributed by atoms with Crippen molar-refractivity contribution in [2.75, 3.05) is 13.2 Å². The lowest BCUT2D eigenvalue weighted by Crippen LogP contribution is -2.25. The van der Waals surface area contributed by atoms with E-state index in [2.05, 4.69) is 0 Å². The van der Waals surface area contributed by atoms with Gasteiger partial charge in [0.1, 0.15) is 12.4 Å². The molecule has 1 aromatic rings. The van der Waals surface area contributed by atoms with Gasteiger partial charge in [-0.3, -0.25) is 0 Å². The maximum absolute atomic E-state index is 5.62. The van der Waals surface area contributed by atoms with Crippen LogP contribution in [0.3, 0.4) is 0 Å². The summed E-state index contributed by atoms with van der Waals surface area (Å²) in [4.78, 5) is 0. The van der Waals surface area contributed by atoms with Crippen molar-refractivity contribution in [1.29, 1.82) is 0 Å². The normalized spacial score (nSPS) is 21.9. The molecule has 1 aliphatic rings. The lowest BCUT2D eigenvalue weighted by atomic mass is 10.1. The minimum atomic E-state index is 0.295. The minimum absolute atomic E-state index is 0.295. The number of hydrogen-bond donors (Lipinski definition) is 0. The molecule has 1 fully saturated rings. The van der Waals surface area contributed by atoms with Gasteiger partial charge in [-0.15, -0.1) is 0 Å². The fourth-order valence-corrected chi connectivity index (χ4v) is 1.64. The SMILES string of the molecule is c1ccc(OC[C@H]2CCCCO2)cc1. The van der Waals surface area contributed by atoms with Crippen molar-refractivity contribution in [2.24, 2.45) is 0 Å². The van der Waals surface area contributed by atoms with Crippen molar-refractivity contribution in [2.45, 2.75) is 25.4 Å². The summed E-state index contributed by atoms with van der Waals surface area (Å²) in [7, 11) is 0. The molecular weight excluding hydrogens is 176 g/mol. The molecule has 2 nitrogen and oxygen atoms in total. The van der Waals surface area contributed by atoms with Crippen LogP contribution in [0.25, 0.3) is 0 Å². The summed E-state index contributed by atoms with van der Waals surface area (Å²) in [6.07, 6.45) is 3.89. The van der Waals surface area contributed by atoms with Crippen LogP contribution in [-0.4, -0.2) is 19.3 Å². The predicted molar refractivity (Wildman–Crippen MR) is 55.5 cm³/mol. The Hall–Kier alpha value is -1.02. The first-order valence-electron chi connectivity index (χ1n) is 5.24. The molecule has 0 bridgehead atoms. The zero-order valence-corrected chi connectivity index (χ0v) is 8.32. The molecule has 0 radical (unpaired) electrons. The Bertz CT molecular complexity index is 252. The average Bonchev–Trinajstić information content (AvgIpc) is 2.29. The van der Waals surface area contributed by atoms with Crippen LogP contribution in [0.5, 0.6) is 5.75 Å². The molecule has 1 saturated heterocycles. The first kappa shape index (κ1) is 9.53. The van der Waals surface area contributed by atoms with E-state index in [1.165, 1.54) is 12.8 Å². The molecule has 0 aliphatic carbocycles. The van der Waals surface area contributed by atoms with Gasteiger partial charge in [0.15, 0.2) is 0 Å². The third kappa shape index (κ3) is 2.74. The van der Waals surface area contributed by atoms with Crippen LogP contribution in [-0.2, 0) is 4.74 Å². The molecule has 76 valence electrons. The summed E-state index contributed by atoms with van der Waals surface area (Å²) in [6, 6.07) is 9.91. The Kier molecular flexibility index (Phi) is 3.41. The van der Waals surface area contributed by atoms with Gasteiger partial charge in [0.05, 0.1) is 6.10 Å². The molecule has 0 saturated carbocycles. The second kappa shape index (κ2) is 5.01. The monoisotopic (exact) mass is 192 g/mol. The average molecular weight is 192 g/mol. The molecule has 1 heterocycles. The third-order valence-corrected chi connectivity index (χ3v) is 2.45. The molecule has 1 aromatic carbocycles. The highest BCUT2D eigenvalue weighted by molar-refractivity contribution is 5.20. The maximum Gasteiger partial charge on any atom is 0.119 e. The van der Waals surface area contributed by atoms with E-state index in [9.17, 15) is 0 Å². The Morgan fingerprint density at radius 2 is 2.07 bits per heavy atom.